The molecule has 0 aliphatic heterocycles. The van der Waals surface area contributed by atoms with Crippen molar-refractivity contribution in [2.75, 3.05) is 6.54 Å². The zero-order valence-corrected chi connectivity index (χ0v) is 10.1. The summed E-state index contributed by atoms with van der Waals surface area (Å²) < 4.78 is 1.86. The maximum atomic E-state index is 11.9. The molecular weight excluding hydrogens is 234 g/mol. The molecule has 0 aromatic carbocycles. The van der Waals surface area contributed by atoms with Gasteiger partial charge in [-0.2, -0.15) is 0 Å². The summed E-state index contributed by atoms with van der Waals surface area (Å²) in [4.78, 5) is 26.8. The third-order valence-corrected chi connectivity index (χ3v) is 3.40. The highest BCUT2D eigenvalue weighted by Crippen LogP contribution is 2.31. The van der Waals surface area contributed by atoms with Crippen LogP contribution in [-0.4, -0.2) is 33.1 Å². The number of amides is 1. The molecule has 18 heavy (non-hydrogen) atoms. The van der Waals surface area contributed by atoms with Gasteiger partial charge in [0.2, 0.25) is 5.91 Å². The van der Waals surface area contributed by atoms with Crippen molar-refractivity contribution in [3.63, 3.8) is 0 Å². The SMILES string of the molecule is O=C(O)C1CCCC1C(=O)NCCn1ccnc1. The van der Waals surface area contributed by atoms with E-state index >= 15 is 0 Å². The van der Waals surface area contributed by atoms with Gasteiger partial charge in [0.25, 0.3) is 0 Å². The van der Waals surface area contributed by atoms with Gasteiger partial charge < -0.3 is 15.0 Å². The number of carboxylic acid groups (broad SMARTS) is 1. The van der Waals surface area contributed by atoms with E-state index in [2.05, 4.69) is 10.3 Å². The van der Waals surface area contributed by atoms with Crippen LogP contribution in [-0.2, 0) is 16.1 Å². The van der Waals surface area contributed by atoms with Crippen LogP contribution >= 0.6 is 0 Å². The molecule has 2 rings (SSSR count). The molecule has 0 spiro atoms. The van der Waals surface area contributed by atoms with Crippen LogP contribution in [0, 0.1) is 11.8 Å². The van der Waals surface area contributed by atoms with Gasteiger partial charge in [-0.1, -0.05) is 6.42 Å². The molecule has 1 saturated carbocycles. The Hall–Kier alpha value is -1.85. The van der Waals surface area contributed by atoms with E-state index in [0.29, 0.717) is 25.9 Å². The number of hydrogen-bond donors (Lipinski definition) is 2. The number of carboxylic acids is 1. The highest BCUT2D eigenvalue weighted by atomic mass is 16.4. The van der Waals surface area contributed by atoms with Crippen LogP contribution in [0.1, 0.15) is 19.3 Å². The van der Waals surface area contributed by atoms with Gasteiger partial charge in [-0.3, -0.25) is 9.59 Å². The first kappa shape index (κ1) is 12.6. The number of hydrogen-bond acceptors (Lipinski definition) is 3. The number of carbonyl (C=O) groups excluding carboxylic acids is 1. The molecule has 1 aliphatic rings. The van der Waals surface area contributed by atoms with E-state index in [1.165, 1.54) is 0 Å². The summed E-state index contributed by atoms with van der Waals surface area (Å²) in [7, 11) is 0. The number of nitrogens with zero attached hydrogens (tertiary/aromatic N) is 2. The Labute approximate surface area is 105 Å². The minimum Gasteiger partial charge on any atom is -0.481 e. The fraction of sp³-hybridized carbons (Fsp3) is 0.583. The zero-order chi connectivity index (χ0) is 13.0. The first-order valence-corrected chi connectivity index (χ1v) is 6.14. The standard InChI is InChI=1S/C12H17N3O3/c16-11(9-2-1-3-10(9)12(17)18)14-5-7-15-6-4-13-8-15/h4,6,8-10H,1-3,5,7H2,(H,14,16)(H,17,18). The third kappa shape index (κ3) is 2.88. The van der Waals surface area contributed by atoms with Gasteiger partial charge in [-0.25, -0.2) is 4.98 Å². The molecule has 1 heterocycles. The summed E-state index contributed by atoms with van der Waals surface area (Å²) in [5, 5.41) is 11.8. The van der Waals surface area contributed by atoms with Crippen LogP contribution in [0.4, 0.5) is 0 Å². The molecule has 0 saturated heterocycles. The molecular formula is C12H17N3O3. The van der Waals surface area contributed by atoms with Gasteiger partial charge in [-0.05, 0) is 12.8 Å². The second-order valence-electron chi connectivity index (χ2n) is 4.57. The average molecular weight is 251 g/mol. The van der Waals surface area contributed by atoms with Gasteiger partial charge in [0, 0.05) is 25.5 Å². The van der Waals surface area contributed by atoms with E-state index in [1.54, 1.807) is 12.5 Å². The molecule has 2 unspecified atom stereocenters. The largest absolute Gasteiger partial charge is 0.481 e. The maximum Gasteiger partial charge on any atom is 0.307 e. The molecule has 1 aliphatic carbocycles. The Bertz CT molecular complexity index is 416. The third-order valence-electron chi connectivity index (χ3n) is 3.40. The minimum atomic E-state index is -0.859. The van der Waals surface area contributed by atoms with E-state index in [1.807, 2.05) is 10.8 Å². The molecule has 0 bridgehead atoms. The van der Waals surface area contributed by atoms with Crippen LogP contribution in [0.15, 0.2) is 18.7 Å². The molecule has 1 aromatic heterocycles. The Balaban J connectivity index is 1.79. The number of nitrogens with one attached hydrogen (secondary N) is 1. The van der Waals surface area contributed by atoms with E-state index in [4.69, 9.17) is 5.11 Å². The van der Waals surface area contributed by atoms with Gasteiger partial charge >= 0.3 is 5.97 Å². The number of carbonyl (C=O) groups is 2. The summed E-state index contributed by atoms with van der Waals surface area (Å²) >= 11 is 0. The molecule has 1 amide bonds. The zero-order valence-electron chi connectivity index (χ0n) is 10.1. The van der Waals surface area contributed by atoms with Crippen molar-refractivity contribution in [3.05, 3.63) is 18.7 Å². The van der Waals surface area contributed by atoms with E-state index in [-0.39, 0.29) is 11.8 Å². The molecule has 2 atom stereocenters. The van der Waals surface area contributed by atoms with Crippen molar-refractivity contribution in [2.24, 2.45) is 11.8 Å². The Morgan fingerprint density at radius 3 is 2.83 bits per heavy atom. The molecule has 0 radical (unpaired) electrons. The minimum absolute atomic E-state index is 0.139. The monoisotopic (exact) mass is 251 g/mol. The van der Waals surface area contributed by atoms with Gasteiger partial charge in [-0.15, -0.1) is 0 Å². The highest BCUT2D eigenvalue weighted by Gasteiger charge is 2.37. The van der Waals surface area contributed by atoms with Crippen LogP contribution < -0.4 is 5.32 Å². The summed E-state index contributed by atoms with van der Waals surface area (Å²) in [6.07, 6.45) is 7.28. The molecule has 1 aromatic rings. The van der Waals surface area contributed by atoms with Gasteiger partial charge in [0.05, 0.1) is 18.2 Å². The lowest BCUT2D eigenvalue weighted by Gasteiger charge is -2.15. The van der Waals surface area contributed by atoms with Gasteiger partial charge in [0.1, 0.15) is 0 Å². The van der Waals surface area contributed by atoms with E-state index in [0.717, 1.165) is 6.42 Å². The Morgan fingerprint density at radius 1 is 1.39 bits per heavy atom. The Morgan fingerprint density at radius 2 is 2.17 bits per heavy atom. The van der Waals surface area contributed by atoms with Crippen molar-refractivity contribution >= 4 is 11.9 Å². The lowest BCUT2D eigenvalue weighted by atomic mass is 9.95. The van der Waals surface area contributed by atoms with Crippen molar-refractivity contribution < 1.29 is 14.7 Å². The van der Waals surface area contributed by atoms with Crippen molar-refractivity contribution in [2.45, 2.75) is 25.8 Å². The van der Waals surface area contributed by atoms with Crippen molar-refractivity contribution in [3.8, 4) is 0 Å². The Kier molecular flexibility index (Phi) is 3.96. The molecule has 1 fully saturated rings. The molecule has 2 N–H and O–H groups in total. The molecule has 6 nitrogen and oxygen atoms in total. The smallest absolute Gasteiger partial charge is 0.307 e. The second kappa shape index (κ2) is 5.66. The summed E-state index contributed by atoms with van der Waals surface area (Å²) in [5.41, 5.74) is 0. The fourth-order valence-electron chi connectivity index (χ4n) is 2.43. The van der Waals surface area contributed by atoms with Gasteiger partial charge in [0.15, 0.2) is 0 Å². The normalized spacial score (nSPS) is 22.9. The van der Waals surface area contributed by atoms with Crippen LogP contribution in [0.5, 0.6) is 0 Å². The van der Waals surface area contributed by atoms with Crippen LogP contribution in [0.3, 0.4) is 0 Å². The highest BCUT2D eigenvalue weighted by molar-refractivity contribution is 5.85. The average Bonchev–Trinajstić information content (AvgIpc) is 2.99. The maximum absolute atomic E-state index is 11.9. The number of rotatable bonds is 5. The first-order chi connectivity index (χ1) is 8.68. The lowest BCUT2D eigenvalue weighted by molar-refractivity contribution is -0.146. The summed E-state index contributed by atoms with van der Waals surface area (Å²) in [6.45, 7) is 1.15. The number of imidazole rings is 1. The van der Waals surface area contributed by atoms with Crippen LogP contribution in [0.25, 0.3) is 0 Å². The fourth-order valence-corrected chi connectivity index (χ4v) is 2.43. The molecule has 98 valence electrons. The van der Waals surface area contributed by atoms with Crippen molar-refractivity contribution in [1.29, 1.82) is 0 Å². The van der Waals surface area contributed by atoms with Crippen LogP contribution in [0.2, 0.25) is 0 Å². The molecule has 6 heteroatoms. The predicted octanol–water partition coefficient (Wildman–Crippen LogP) is 0.500. The topological polar surface area (TPSA) is 84.2 Å². The number of aromatic nitrogens is 2. The lowest BCUT2D eigenvalue weighted by Crippen LogP contribution is -2.36. The predicted molar refractivity (Wildman–Crippen MR) is 63.7 cm³/mol. The number of aliphatic carboxylic acids is 1. The van der Waals surface area contributed by atoms with E-state index in [9.17, 15) is 9.59 Å². The quantitative estimate of drug-likeness (QED) is 0.798. The first-order valence-electron chi connectivity index (χ1n) is 6.14. The summed E-state index contributed by atoms with van der Waals surface area (Å²) in [5.74, 6) is -1.88. The summed E-state index contributed by atoms with van der Waals surface area (Å²) in [6, 6.07) is 0. The second-order valence-corrected chi connectivity index (χ2v) is 4.57. The van der Waals surface area contributed by atoms with E-state index < -0.39 is 11.9 Å². The van der Waals surface area contributed by atoms with Crippen molar-refractivity contribution in [1.82, 2.24) is 14.9 Å².